The standard InChI is InChI=1S/C35H60IN5O4S/c1-7-9-10-25-41(26-24-38-28-39-31(16-12-23-36)17-13-27-45-6)34(42)30-18-20-32(21-19-30)40(5)46(43,44)35(3)22-11-15-29(14-8-2)33(35)37-4/h8,14,18-21,29,31,33,38-39H,4,7,9-13,15-17,22-28H2,1-3,5-6H3/b14-8-. The normalized spacial score (nSPS) is 20.9. The number of hydrogen-bond acceptors (Lipinski definition) is 7. The maximum atomic E-state index is 14.1. The number of rotatable bonds is 23. The Labute approximate surface area is 293 Å². The number of allylic oxidation sites excluding steroid dienone is 1. The van der Waals surface area contributed by atoms with Crippen LogP contribution in [0.2, 0.25) is 0 Å². The summed E-state index contributed by atoms with van der Waals surface area (Å²) in [4.78, 5) is 19.9. The van der Waals surface area contributed by atoms with Gasteiger partial charge in [0.05, 0.1) is 11.7 Å². The van der Waals surface area contributed by atoms with Crippen LogP contribution in [0, 0.1) is 5.92 Å². The van der Waals surface area contributed by atoms with Crippen molar-refractivity contribution in [3.05, 3.63) is 42.0 Å². The quantitative estimate of drug-likeness (QED) is 0.0332. The molecule has 4 unspecified atom stereocenters. The van der Waals surface area contributed by atoms with E-state index in [1.165, 1.54) is 10.7 Å². The second-order valence-electron chi connectivity index (χ2n) is 12.6. The van der Waals surface area contributed by atoms with E-state index in [0.29, 0.717) is 50.0 Å². The van der Waals surface area contributed by atoms with Gasteiger partial charge in [-0.15, -0.1) is 0 Å². The highest BCUT2D eigenvalue weighted by Gasteiger charge is 2.52. The Balaban J connectivity index is 2.08. The van der Waals surface area contributed by atoms with Crippen LogP contribution in [0.5, 0.6) is 0 Å². The highest BCUT2D eigenvalue weighted by Crippen LogP contribution is 2.43. The van der Waals surface area contributed by atoms with Crippen LogP contribution >= 0.6 is 22.6 Å². The van der Waals surface area contributed by atoms with E-state index in [1.54, 1.807) is 45.3 Å². The Morgan fingerprint density at radius 3 is 2.54 bits per heavy atom. The second kappa shape index (κ2) is 21.4. The van der Waals surface area contributed by atoms with E-state index in [0.717, 1.165) is 62.4 Å². The van der Waals surface area contributed by atoms with Crippen molar-refractivity contribution in [1.82, 2.24) is 15.5 Å². The van der Waals surface area contributed by atoms with E-state index in [4.69, 9.17) is 4.74 Å². The van der Waals surface area contributed by atoms with Crippen LogP contribution < -0.4 is 14.9 Å². The number of anilines is 1. The number of nitrogens with zero attached hydrogens (tertiary/aromatic N) is 3. The van der Waals surface area contributed by atoms with Gasteiger partial charge in [0.25, 0.3) is 5.91 Å². The lowest BCUT2D eigenvalue weighted by Crippen LogP contribution is -2.56. The van der Waals surface area contributed by atoms with Crippen LogP contribution in [0.1, 0.15) is 95.3 Å². The highest BCUT2D eigenvalue weighted by atomic mass is 127. The molecule has 4 atom stereocenters. The van der Waals surface area contributed by atoms with Crippen LogP contribution in [0.25, 0.3) is 0 Å². The smallest absolute Gasteiger partial charge is 0.253 e. The van der Waals surface area contributed by atoms with E-state index in [2.05, 4.69) is 57.9 Å². The number of ether oxygens (including phenoxy) is 1. The van der Waals surface area contributed by atoms with Crippen molar-refractivity contribution in [2.24, 2.45) is 10.9 Å². The number of carbonyl (C=O) groups is 1. The first kappa shape index (κ1) is 40.6. The molecule has 0 heterocycles. The molecule has 1 aliphatic carbocycles. The first-order valence-electron chi connectivity index (χ1n) is 17.1. The maximum Gasteiger partial charge on any atom is 0.253 e. The number of unbranched alkanes of at least 4 members (excludes halogenated alkanes) is 2. The molecule has 0 radical (unpaired) electrons. The van der Waals surface area contributed by atoms with Crippen molar-refractivity contribution in [3.63, 3.8) is 0 Å². The lowest BCUT2D eigenvalue weighted by atomic mass is 9.77. The van der Waals surface area contributed by atoms with Gasteiger partial charge in [-0.2, -0.15) is 0 Å². The zero-order valence-electron chi connectivity index (χ0n) is 29.0. The monoisotopic (exact) mass is 773 g/mol. The first-order valence-corrected chi connectivity index (χ1v) is 20.0. The molecule has 11 heteroatoms. The average molecular weight is 774 g/mol. The average Bonchev–Trinajstić information content (AvgIpc) is 3.05. The van der Waals surface area contributed by atoms with Crippen LogP contribution in [0.3, 0.4) is 0 Å². The van der Waals surface area contributed by atoms with Gasteiger partial charge in [0.15, 0.2) is 0 Å². The third-order valence-electron chi connectivity index (χ3n) is 9.29. The van der Waals surface area contributed by atoms with E-state index in [1.807, 2.05) is 17.9 Å². The van der Waals surface area contributed by atoms with Crippen molar-refractivity contribution >= 4 is 50.9 Å². The summed E-state index contributed by atoms with van der Waals surface area (Å²) in [6, 6.07) is 7.00. The molecular weight excluding hydrogens is 713 g/mol. The number of benzene rings is 1. The van der Waals surface area contributed by atoms with E-state index >= 15 is 0 Å². The lowest BCUT2D eigenvalue weighted by molar-refractivity contribution is 0.0753. The topological polar surface area (TPSA) is 103 Å². The zero-order valence-corrected chi connectivity index (χ0v) is 32.0. The number of nitrogens with one attached hydrogen (secondary N) is 2. The summed E-state index contributed by atoms with van der Waals surface area (Å²) in [5.41, 5.74) is 1.09. The van der Waals surface area contributed by atoms with Crippen molar-refractivity contribution in [3.8, 4) is 0 Å². The molecule has 262 valence electrons. The van der Waals surface area contributed by atoms with Crippen molar-refractivity contribution < 1.29 is 17.9 Å². The number of carbonyl (C=O) groups excluding carboxylic acids is 1. The molecule has 1 saturated carbocycles. The van der Waals surface area contributed by atoms with Gasteiger partial charge in [-0.1, -0.05) is 60.9 Å². The minimum Gasteiger partial charge on any atom is -0.385 e. The molecule has 1 aliphatic rings. The van der Waals surface area contributed by atoms with Gasteiger partial charge in [-0.05, 0) is 94.2 Å². The van der Waals surface area contributed by atoms with Crippen molar-refractivity contribution in [2.45, 2.75) is 102 Å². The number of sulfonamides is 1. The number of methoxy groups -OCH3 is 1. The fourth-order valence-corrected chi connectivity index (χ4v) is 8.91. The first-order chi connectivity index (χ1) is 22.1. The summed E-state index contributed by atoms with van der Waals surface area (Å²) in [7, 11) is -0.438. The summed E-state index contributed by atoms with van der Waals surface area (Å²) < 4.78 is 34.8. The fourth-order valence-electron chi connectivity index (χ4n) is 6.49. The summed E-state index contributed by atoms with van der Waals surface area (Å²) in [5.74, 6) is 0.00300. The largest absolute Gasteiger partial charge is 0.385 e. The molecule has 2 N–H and O–H groups in total. The molecule has 1 aromatic carbocycles. The van der Waals surface area contributed by atoms with E-state index in [-0.39, 0.29) is 11.8 Å². The molecule has 1 amide bonds. The molecule has 1 fully saturated rings. The Kier molecular flexibility index (Phi) is 18.9. The molecule has 1 aromatic rings. The molecule has 0 aromatic heterocycles. The SMILES string of the molecule is C=NC1C(/C=C\C)CCCC1(C)S(=O)(=O)N(C)c1ccc(C(=O)N(CCCCC)CCNCNC(CCCI)CCCOC)cc1. The molecule has 46 heavy (non-hydrogen) atoms. The van der Waals surface area contributed by atoms with Gasteiger partial charge in [-0.25, -0.2) is 8.42 Å². The Morgan fingerprint density at radius 1 is 1.20 bits per heavy atom. The second-order valence-corrected chi connectivity index (χ2v) is 16.1. The minimum absolute atomic E-state index is 0.0354. The number of hydrogen-bond donors (Lipinski definition) is 2. The van der Waals surface area contributed by atoms with Gasteiger partial charge in [0.2, 0.25) is 10.0 Å². The summed E-state index contributed by atoms with van der Waals surface area (Å²) >= 11 is 2.43. The Bertz CT molecular complexity index is 1170. The maximum absolute atomic E-state index is 14.1. The van der Waals surface area contributed by atoms with Gasteiger partial charge in [0.1, 0.15) is 4.75 Å². The van der Waals surface area contributed by atoms with Crippen molar-refractivity contribution in [2.75, 3.05) is 55.8 Å². The third-order valence-corrected chi connectivity index (χ3v) is 12.6. The van der Waals surface area contributed by atoms with Gasteiger partial charge in [0, 0.05) is 64.6 Å². The van der Waals surface area contributed by atoms with E-state index in [9.17, 15) is 13.2 Å². The molecule has 0 bridgehead atoms. The van der Waals surface area contributed by atoms with Gasteiger partial charge in [-0.3, -0.25) is 14.1 Å². The van der Waals surface area contributed by atoms with Crippen molar-refractivity contribution in [1.29, 1.82) is 0 Å². The zero-order chi connectivity index (χ0) is 34.0. The molecule has 0 aliphatic heterocycles. The number of aliphatic imine (C=N–C) groups is 1. The third kappa shape index (κ3) is 11.6. The number of halogens is 1. The van der Waals surface area contributed by atoms with Crippen LogP contribution in [-0.4, -0.2) is 94.3 Å². The lowest BCUT2D eigenvalue weighted by Gasteiger charge is -2.44. The predicted molar refractivity (Wildman–Crippen MR) is 202 cm³/mol. The molecule has 2 rings (SSSR count). The summed E-state index contributed by atoms with van der Waals surface area (Å²) in [6.45, 7) is 13.1. The molecular formula is C35H60IN5O4S. The molecule has 0 spiro atoms. The summed E-state index contributed by atoms with van der Waals surface area (Å²) in [5, 5.41) is 7.11. The van der Waals surface area contributed by atoms with Crippen LogP contribution in [0.4, 0.5) is 5.69 Å². The highest BCUT2D eigenvalue weighted by molar-refractivity contribution is 14.1. The van der Waals surface area contributed by atoms with Crippen LogP contribution in [0.15, 0.2) is 41.4 Å². The van der Waals surface area contributed by atoms with Gasteiger partial charge >= 0.3 is 0 Å². The fraction of sp³-hybridized carbons (Fsp3) is 0.714. The Morgan fingerprint density at radius 2 is 1.91 bits per heavy atom. The minimum atomic E-state index is -3.78. The van der Waals surface area contributed by atoms with Crippen LogP contribution in [-0.2, 0) is 14.8 Å². The number of alkyl halides is 1. The van der Waals surface area contributed by atoms with Gasteiger partial charge < -0.3 is 20.3 Å². The summed E-state index contributed by atoms with van der Waals surface area (Å²) in [6.07, 6.45) is 13.8. The van der Waals surface area contributed by atoms with E-state index < -0.39 is 20.8 Å². The predicted octanol–water partition coefficient (Wildman–Crippen LogP) is 6.44. The Hall–Kier alpha value is -1.54. The molecule has 0 saturated heterocycles. The molecule has 9 nitrogen and oxygen atoms in total. The number of amides is 1.